The highest BCUT2D eigenvalue weighted by Gasteiger charge is 2.71. The van der Waals surface area contributed by atoms with E-state index in [0.717, 1.165) is 23.4 Å². The molecule has 2 aromatic rings. The first kappa shape index (κ1) is 28.9. The fourth-order valence-electron chi connectivity index (χ4n) is 4.36. The van der Waals surface area contributed by atoms with Crippen molar-refractivity contribution in [1.82, 2.24) is 9.21 Å². The molecule has 0 unspecified atom stereocenters. The van der Waals surface area contributed by atoms with Gasteiger partial charge in [-0.25, -0.2) is 8.42 Å². The molecule has 37 heavy (non-hydrogen) atoms. The summed E-state index contributed by atoms with van der Waals surface area (Å²) in [6, 6.07) is 8.82. The van der Waals surface area contributed by atoms with E-state index >= 15 is 0 Å². The minimum atomic E-state index is -6.05. The molecule has 1 saturated heterocycles. The molecule has 1 aliphatic heterocycles. The van der Waals surface area contributed by atoms with Crippen molar-refractivity contribution < 1.29 is 39.9 Å². The minimum absolute atomic E-state index is 0.142. The Morgan fingerprint density at radius 2 is 1.51 bits per heavy atom. The molecule has 1 heterocycles. The first-order valence-corrected chi connectivity index (χ1v) is 13.1. The van der Waals surface area contributed by atoms with Crippen LogP contribution < -0.4 is 0 Å². The molecule has 202 valence electrons. The van der Waals surface area contributed by atoms with Crippen LogP contribution in [0.25, 0.3) is 11.1 Å². The second-order valence-corrected chi connectivity index (χ2v) is 10.8. The zero-order valence-electron chi connectivity index (χ0n) is 20.0. The van der Waals surface area contributed by atoms with E-state index in [0.29, 0.717) is 56.8 Å². The van der Waals surface area contributed by atoms with Gasteiger partial charge in [0.2, 0.25) is 10.0 Å². The third-order valence-electron chi connectivity index (χ3n) is 6.43. The van der Waals surface area contributed by atoms with Gasteiger partial charge in [0.25, 0.3) is 5.60 Å². The summed E-state index contributed by atoms with van der Waals surface area (Å²) in [7, 11) is -3.26. The molecular weight excluding hydrogens is 524 g/mol. The van der Waals surface area contributed by atoms with Crippen LogP contribution in [0.3, 0.4) is 0 Å². The molecule has 1 fully saturated rings. The van der Waals surface area contributed by atoms with Crippen LogP contribution in [-0.2, 0) is 28.6 Å². The fourth-order valence-corrected chi connectivity index (χ4v) is 5.19. The van der Waals surface area contributed by atoms with Gasteiger partial charge in [-0.2, -0.15) is 35.9 Å². The zero-order valence-corrected chi connectivity index (χ0v) is 20.8. The van der Waals surface area contributed by atoms with E-state index in [4.69, 9.17) is 0 Å². The van der Waals surface area contributed by atoms with Crippen LogP contribution in [0.4, 0.5) is 26.3 Å². The zero-order chi connectivity index (χ0) is 27.8. The molecular formula is C24H25F6N3O3S. The van der Waals surface area contributed by atoms with Crippen LogP contribution in [0, 0.1) is 11.3 Å². The molecule has 0 radical (unpaired) electrons. The highest BCUT2D eigenvalue weighted by molar-refractivity contribution is 7.88. The molecule has 13 heteroatoms. The number of nitrogens with zero attached hydrogens (tertiary/aromatic N) is 3. The number of benzene rings is 2. The second-order valence-electron chi connectivity index (χ2n) is 8.86. The quantitative estimate of drug-likeness (QED) is 0.547. The first-order valence-electron chi connectivity index (χ1n) is 11.2. The van der Waals surface area contributed by atoms with Crippen LogP contribution in [0.5, 0.6) is 0 Å². The van der Waals surface area contributed by atoms with Crippen molar-refractivity contribution in [1.29, 1.82) is 5.26 Å². The monoisotopic (exact) mass is 549 g/mol. The summed E-state index contributed by atoms with van der Waals surface area (Å²) in [5.41, 5.74) is -4.84. The first-order chi connectivity index (χ1) is 17.0. The van der Waals surface area contributed by atoms with E-state index in [1.165, 1.54) is 4.31 Å². The van der Waals surface area contributed by atoms with Crippen molar-refractivity contribution in [2.45, 2.75) is 37.8 Å². The third-order valence-corrected chi connectivity index (χ3v) is 7.73. The van der Waals surface area contributed by atoms with Gasteiger partial charge in [0.15, 0.2) is 0 Å². The van der Waals surface area contributed by atoms with Crippen LogP contribution in [0.1, 0.15) is 29.2 Å². The van der Waals surface area contributed by atoms with Crippen LogP contribution in [-0.4, -0.2) is 67.5 Å². The predicted octanol–water partition coefficient (Wildman–Crippen LogP) is 4.18. The van der Waals surface area contributed by atoms with E-state index in [9.17, 15) is 45.1 Å². The molecule has 0 amide bonds. The number of nitriles is 1. The fraction of sp³-hybridized carbons (Fsp3) is 0.458. The Kier molecular flexibility index (Phi) is 8.00. The lowest BCUT2D eigenvalue weighted by Gasteiger charge is -2.33. The molecule has 0 aliphatic carbocycles. The molecule has 0 saturated carbocycles. The van der Waals surface area contributed by atoms with Crippen molar-refractivity contribution in [2.24, 2.45) is 0 Å². The van der Waals surface area contributed by atoms with Crippen molar-refractivity contribution in [3.63, 3.8) is 0 Å². The van der Waals surface area contributed by atoms with Crippen LogP contribution in [0.15, 0.2) is 36.4 Å². The molecule has 3 rings (SSSR count). The van der Waals surface area contributed by atoms with Gasteiger partial charge < -0.3 is 5.11 Å². The number of hydrogen-bond acceptors (Lipinski definition) is 5. The molecule has 0 aromatic heterocycles. The maximum Gasteiger partial charge on any atom is 0.430 e. The summed E-state index contributed by atoms with van der Waals surface area (Å²) < 4.78 is 105. The number of rotatable bonds is 6. The molecule has 0 atom stereocenters. The van der Waals surface area contributed by atoms with E-state index in [1.54, 1.807) is 18.2 Å². The van der Waals surface area contributed by atoms with Gasteiger partial charge in [-0.3, -0.25) is 4.90 Å². The summed E-state index contributed by atoms with van der Waals surface area (Å²) >= 11 is 0. The van der Waals surface area contributed by atoms with Gasteiger partial charge in [-0.05, 0) is 34.7 Å². The Morgan fingerprint density at radius 3 is 2.00 bits per heavy atom. The largest absolute Gasteiger partial charge is 0.430 e. The van der Waals surface area contributed by atoms with E-state index < -0.39 is 39.1 Å². The van der Waals surface area contributed by atoms with Crippen molar-refractivity contribution in [3.8, 4) is 17.2 Å². The molecule has 2 aromatic carbocycles. The molecule has 0 spiro atoms. The summed E-state index contributed by atoms with van der Waals surface area (Å²) in [6.45, 7) is 4.10. The smallest absolute Gasteiger partial charge is 0.369 e. The maximum absolute atomic E-state index is 13.3. The number of hydrogen-bond donors (Lipinski definition) is 1. The normalized spacial score (nSPS) is 16.5. The summed E-state index contributed by atoms with van der Waals surface area (Å²) in [5, 5.41) is 19.2. The second kappa shape index (κ2) is 10.2. The standard InChI is InChI=1S/C24H25F6N3O3S/c1-3-17-12-16(15-32-8-10-33(11-9-32)37(2,35)36)4-6-20(17)21-7-5-19(13-18(21)14-31)22(34,23(25,26)27)24(28,29)30/h4-7,12-13,34H,3,8-11,15H2,1-2H3. The summed E-state index contributed by atoms with van der Waals surface area (Å²) in [5.74, 6) is 0. The van der Waals surface area contributed by atoms with Gasteiger partial charge in [-0.1, -0.05) is 37.3 Å². The van der Waals surface area contributed by atoms with E-state index in [-0.39, 0.29) is 5.56 Å². The van der Waals surface area contributed by atoms with E-state index in [1.807, 2.05) is 13.0 Å². The number of piperazine rings is 1. The number of aryl methyl sites for hydroxylation is 1. The Morgan fingerprint density at radius 1 is 0.946 bits per heavy atom. The summed E-state index contributed by atoms with van der Waals surface area (Å²) in [6.07, 6.45) is -10.5. The Bertz CT molecular complexity index is 1280. The lowest BCUT2D eigenvalue weighted by Crippen LogP contribution is -2.53. The third kappa shape index (κ3) is 5.77. The Labute approximate surface area is 210 Å². The summed E-state index contributed by atoms with van der Waals surface area (Å²) in [4.78, 5) is 2.07. The predicted molar refractivity (Wildman–Crippen MR) is 124 cm³/mol. The van der Waals surface area contributed by atoms with Crippen molar-refractivity contribution in [3.05, 3.63) is 58.7 Å². The lowest BCUT2D eigenvalue weighted by molar-refractivity contribution is -0.376. The maximum atomic E-state index is 13.3. The Balaban J connectivity index is 1.93. The van der Waals surface area contributed by atoms with E-state index in [2.05, 4.69) is 4.90 Å². The highest BCUT2D eigenvalue weighted by atomic mass is 32.2. The SMILES string of the molecule is CCc1cc(CN2CCN(S(C)(=O)=O)CC2)ccc1-c1ccc(C(O)(C(F)(F)F)C(F)(F)F)cc1C#N. The molecule has 6 nitrogen and oxygen atoms in total. The van der Waals surface area contributed by atoms with Gasteiger partial charge in [-0.15, -0.1) is 0 Å². The number of sulfonamides is 1. The van der Waals surface area contributed by atoms with Gasteiger partial charge >= 0.3 is 12.4 Å². The molecule has 1 N–H and O–H groups in total. The van der Waals surface area contributed by atoms with Gasteiger partial charge in [0.05, 0.1) is 17.9 Å². The number of aliphatic hydroxyl groups is 1. The average molecular weight is 550 g/mol. The topological polar surface area (TPSA) is 84.6 Å². The molecule has 0 bridgehead atoms. The lowest BCUT2D eigenvalue weighted by atomic mass is 9.87. The van der Waals surface area contributed by atoms with Crippen molar-refractivity contribution >= 4 is 10.0 Å². The van der Waals surface area contributed by atoms with Crippen LogP contribution in [0.2, 0.25) is 0 Å². The van der Waals surface area contributed by atoms with Crippen molar-refractivity contribution in [2.75, 3.05) is 32.4 Å². The Hall–Kier alpha value is -2.66. The van der Waals surface area contributed by atoms with Gasteiger partial charge in [0.1, 0.15) is 0 Å². The number of alkyl halides is 6. The number of halogens is 6. The van der Waals surface area contributed by atoms with Gasteiger partial charge in [0, 0.05) is 38.3 Å². The van der Waals surface area contributed by atoms with Crippen LogP contribution >= 0.6 is 0 Å². The molecule has 1 aliphatic rings. The minimum Gasteiger partial charge on any atom is -0.369 e. The highest BCUT2D eigenvalue weighted by Crippen LogP contribution is 2.50. The average Bonchev–Trinajstić information content (AvgIpc) is 2.81.